The highest BCUT2D eigenvalue weighted by Crippen LogP contribution is 2.09. The minimum Gasteiger partial charge on any atom is -0.369 e. The van der Waals surface area contributed by atoms with Crippen molar-refractivity contribution in [3.05, 3.63) is 0 Å². The number of piperidine rings is 1. The summed E-state index contributed by atoms with van der Waals surface area (Å²) in [6, 6.07) is 0.631. The van der Waals surface area contributed by atoms with Crippen LogP contribution in [0.2, 0.25) is 0 Å². The van der Waals surface area contributed by atoms with Crippen molar-refractivity contribution in [1.82, 2.24) is 10.2 Å². The minimum atomic E-state index is -0.216. The monoisotopic (exact) mass is 245 g/mol. The molecule has 0 unspecified atom stereocenters. The van der Waals surface area contributed by atoms with Crippen molar-refractivity contribution in [2.75, 3.05) is 38.2 Å². The average Bonchev–Trinajstić information content (AvgIpc) is 2.26. The molecule has 1 amide bonds. The fourth-order valence-electron chi connectivity index (χ4n) is 2.04. The van der Waals surface area contributed by atoms with Crippen LogP contribution in [0.3, 0.4) is 0 Å². The molecule has 0 radical (unpaired) electrons. The van der Waals surface area contributed by atoms with Gasteiger partial charge in [0.25, 0.3) is 0 Å². The number of thioether (sulfide) groups is 1. The molecule has 0 aromatic heterocycles. The second-order valence-corrected chi connectivity index (χ2v) is 5.30. The molecule has 1 aliphatic rings. The van der Waals surface area contributed by atoms with E-state index in [4.69, 9.17) is 5.73 Å². The predicted molar refractivity (Wildman–Crippen MR) is 69.7 cm³/mol. The quantitative estimate of drug-likeness (QED) is 0.633. The van der Waals surface area contributed by atoms with Gasteiger partial charge in [-0.3, -0.25) is 9.69 Å². The van der Waals surface area contributed by atoms with E-state index >= 15 is 0 Å². The van der Waals surface area contributed by atoms with Crippen LogP contribution >= 0.6 is 11.8 Å². The van der Waals surface area contributed by atoms with Gasteiger partial charge in [-0.25, -0.2) is 0 Å². The lowest BCUT2D eigenvalue weighted by atomic mass is 10.1. The second-order valence-electron chi connectivity index (χ2n) is 4.32. The molecular formula is C11H23N3OS. The number of nitrogens with one attached hydrogen (secondary N) is 1. The fourth-order valence-corrected chi connectivity index (χ4v) is 2.47. The van der Waals surface area contributed by atoms with Crippen molar-refractivity contribution in [2.45, 2.75) is 25.3 Å². The molecule has 1 rings (SSSR count). The van der Waals surface area contributed by atoms with Gasteiger partial charge in [0.1, 0.15) is 0 Å². The Kier molecular flexibility index (Phi) is 6.84. The zero-order valence-electron chi connectivity index (χ0n) is 10.1. The van der Waals surface area contributed by atoms with E-state index in [1.54, 1.807) is 0 Å². The molecule has 5 heteroatoms. The van der Waals surface area contributed by atoms with Gasteiger partial charge in [0, 0.05) is 19.1 Å². The Bertz CT molecular complexity index is 205. The van der Waals surface area contributed by atoms with E-state index in [-0.39, 0.29) is 5.91 Å². The minimum absolute atomic E-state index is 0.216. The van der Waals surface area contributed by atoms with Crippen LogP contribution in [0.25, 0.3) is 0 Å². The van der Waals surface area contributed by atoms with Gasteiger partial charge in [-0.05, 0) is 37.8 Å². The van der Waals surface area contributed by atoms with Crippen LogP contribution in [0.1, 0.15) is 19.3 Å². The highest BCUT2D eigenvalue weighted by molar-refractivity contribution is 7.98. The Morgan fingerprint density at radius 2 is 2.19 bits per heavy atom. The van der Waals surface area contributed by atoms with Crippen LogP contribution in [0.15, 0.2) is 0 Å². The number of nitrogens with zero attached hydrogens (tertiary/aromatic N) is 1. The smallest absolute Gasteiger partial charge is 0.231 e. The zero-order chi connectivity index (χ0) is 11.8. The molecule has 16 heavy (non-hydrogen) atoms. The maximum atomic E-state index is 10.8. The van der Waals surface area contributed by atoms with Gasteiger partial charge in [0.05, 0.1) is 6.54 Å². The SMILES string of the molecule is CSCCCNC1CCN(CC(N)=O)CC1. The summed E-state index contributed by atoms with van der Waals surface area (Å²) in [6.07, 6.45) is 5.64. The van der Waals surface area contributed by atoms with Crippen molar-refractivity contribution >= 4 is 17.7 Å². The van der Waals surface area contributed by atoms with E-state index < -0.39 is 0 Å². The number of carbonyl (C=O) groups is 1. The molecule has 0 aromatic carbocycles. The van der Waals surface area contributed by atoms with Crippen molar-refractivity contribution in [3.63, 3.8) is 0 Å². The van der Waals surface area contributed by atoms with Gasteiger partial charge in [0.2, 0.25) is 5.91 Å². The summed E-state index contributed by atoms with van der Waals surface area (Å²) in [7, 11) is 0. The van der Waals surface area contributed by atoms with Crippen molar-refractivity contribution < 1.29 is 4.79 Å². The molecule has 1 aliphatic heterocycles. The molecule has 0 bridgehead atoms. The van der Waals surface area contributed by atoms with Gasteiger partial charge in [-0.15, -0.1) is 0 Å². The standard InChI is InChI=1S/C11H23N3OS/c1-16-8-2-5-13-10-3-6-14(7-4-10)9-11(12)15/h10,13H,2-9H2,1H3,(H2,12,15). The van der Waals surface area contributed by atoms with Crippen LogP contribution in [0.5, 0.6) is 0 Å². The Morgan fingerprint density at radius 1 is 1.50 bits per heavy atom. The molecule has 0 aromatic rings. The highest BCUT2D eigenvalue weighted by Gasteiger charge is 2.19. The van der Waals surface area contributed by atoms with E-state index in [1.807, 2.05) is 11.8 Å². The third kappa shape index (κ3) is 5.72. The summed E-state index contributed by atoms with van der Waals surface area (Å²) in [4.78, 5) is 12.9. The Hall–Kier alpha value is -0.260. The van der Waals surface area contributed by atoms with E-state index in [1.165, 1.54) is 12.2 Å². The largest absolute Gasteiger partial charge is 0.369 e. The van der Waals surface area contributed by atoms with Gasteiger partial charge in [-0.2, -0.15) is 11.8 Å². The van der Waals surface area contributed by atoms with Crippen molar-refractivity contribution in [2.24, 2.45) is 5.73 Å². The van der Waals surface area contributed by atoms with Gasteiger partial charge >= 0.3 is 0 Å². The molecule has 1 saturated heterocycles. The lowest BCUT2D eigenvalue weighted by Gasteiger charge is -2.31. The molecule has 3 N–H and O–H groups in total. The summed E-state index contributed by atoms with van der Waals surface area (Å²) in [5.41, 5.74) is 5.17. The van der Waals surface area contributed by atoms with E-state index in [0.717, 1.165) is 32.5 Å². The van der Waals surface area contributed by atoms with Crippen LogP contribution in [-0.4, -0.2) is 55.0 Å². The normalized spacial score (nSPS) is 18.8. The molecule has 0 atom stereocenters. The second kappa shape index (κ2) is 7.92. The van der Waals surface area contributed by atoms with Gasteiger partial charge < -0.3 is 11.1 Å². The molecule has 0 aliphatic carbocycles. The average molecular weight is 245 g/mol. The van der Waals surface area contributed by atoms with Crippen LogP contribution in [-0.2, 0) is 4.79 Å². The van der Waals surface area contributed by atoms with Crippen molar-refractivity contribution in [3.8, 4) is 0 Å². The first-order valence-electron chi connectivity index (χ1n) is 5.95. The van der Waals surface area contributed by atoms with Crippen LogP contribution in [0.4, 0.5) is 0 Å². The number of likely N-dealkylation sites (tertiary alicyclic amines) is 1. The number of rotatable bonds is 7. The summed E-state index contributed by atoms with van der Waals surface area (Å²) >= 11 is 1.90. The van der Waals surface area contributed by atoms with E-state index in [0.29, 0.717) is 12.6 Å². The number of hydrogen-bond donors (Lipinski definition) is 2. The lowest BCUT2D eigenvalue weighted by molar-refractivity contribution is -0.119. The fraction of sp³-hybridized carbons (Fsp3) is 0.909. The van der Waals surface area contributed by atoms with Gasteiger partial charge in [-0.1, -0.05) is 0 Å². The summed E-state index contributed by atoms with van der Waals surface area (Å²) in [5, 5.41) is 3.57. The maximum Gasteiger partial charge on any atom is 0.231 e. The Balaban J connectivity index is 2.05. The first-order chi connectivity index (χ1) is 7.72. The molecule has 0 spiro atoms. The Morgan fingerprint density at radius 3 is 2.75 bits per heavy atom. The van der Waals surface area contributed by atoms with E-state index in [9.17, 15) is 4.79 Å². The van der Waals surface area contributed by atoms with E-state index in [2.05, 4.69) is 16.5 Å². The highest BCUT2D eigenvalue weighted by atomic mass is 32.2. The van der Waals surface area contributed by atoms with Crippen LogP contribution < -0.4 is 11.1 Å². The molecule has 94 valence electrons. The molecule has 4 nitrogen and oxygen atoms in total. The summed E-state index contributed by atoms with van der Waals surface area (Å²) in [6.45, 7) is 3.51. The third-order valence-electron chi connectivity index (χ3n) is 2.93. The first kappa shape index (κ1) is 13.8. The van der Waals surface area contributed by atoms with Crippen LogP contribution in [0, 0.1) is 0 Å². The summed E-state index contributed by atoms with van der Waals surface area (Å²) in [5.74, 6) is 1.01. The topological polar surface area (TPSA) is 58.4 Å². The molecule has 1 fully saturated rings. The first-order valence-corrected chi connectivity index (χ1v) is 7.34. The third-order valence-corrected chi connectivity index (χ3v) is 3.62. The predicted octanol–water partition coefficient (Wildman–Crippen LogP) is 0.279. The number of nitrogens with two attached hydrogens (primary N) is 1. The van der Waals surface area contributed by atoms with Crippen molar-refractivity contribution in [1.29, 1.82) is 0 Å². The zero-order valence-corrected chi connectivity index (χ0v) is 10.9. The molecule has 1 heterocycles. The van der Waals surface area contributed by atoms with Gasteiger partial charge in [0.15, 0.2) is 0 Å². The lowest BCUT2D eigenvalue weighted by Crippen LogP contribution is -2.45. The number of amides is 1. The molecule has 0 saturated carbocycles. The number of primary amides is 1. The number of carbonyl (C=O) groups excluding carboxylic acids is 1. The Labute approximate surface area is 102 Å². The summed E-state index contributed by atoms with van der Waals surface area (Å²) < 4.78 is 0. The number of hydrogen-bond acceptors (Lipinski definition) is 4. The molecular weight excluding hydrogens is 222 g/mol. The maximum absolute atomic E-state index is 10.8.